The number of hydrogen-bond acceptors (Lipinski definition) is 3. The van der Waals surface area contributed by atoms with Crippen LogP contribution in [0.2, 0.25) is 18.1 Å². The van der Waals surface area contributed by atoms with E-state index in [9.17, 15) is 4.79 Å². The molecule has 0 radical (unpaired) electrons. The van der Waals surface area contributed by atoms with Gasteiger partial charge in [-0.15, -0.1) is 0 Å². The molecule has 0 heterocycles. The number of ketones is 1. The maximum Gasteiger partial charge on any atom is 0.208 e. The Hall–Kier alpha value is -1.57. The number of hydrogen-bond donors (Lipinski definition) is 0. The van der Waals surface area contributed by atoms with E-state index in [1.165, 1.54) is 0 Å². The van der Waals surface area contributed by atoms with Gasteiger partial charge in [-0.3, -0.25) is 4.79 Å². The molecule has 0 saturated carbocycles. The highest BCUT2D eigenvalue weighted by molar-refractivity contribution is 6.74. The van der Waals surface area contributed by atoms with Gasteiger partial charge in [-0.1, -0.05) is 45.7 Å². The Morgan fingerprint density at radius 1 is 1.20 bits per heavy atom. The van der Waals surface area contributed by atoms with Crippen molar-refractivity contribution in [2.45, 2.75) is 58.7 Å². The first kappa shape index (κ1) is 21.5. The molecular weight excluding hydrogens is 328 g/mol. The van der Waals surface area contributed by atoms with E-state index in [2.05, 4.69) is 45.7 Å². The summed E-state index contributed by atoms with van der Waals surface area (Å²) in [5.74, 6) is 6.45. The first-order valence-corrected chi connectivity index (χ1v) is 11.8. The third-order valence-electron chi connectivity index (χ3n) is 4.86. The van der Waals surface area contributed by atoms with E-state index in [0.29, 0.717) is 19.4 Å². The molecule has 4 heteroatoms. The molecule has 0 saturated heterocycles. The number of Topliss-reactive ketones (excluding diaryl/α,β-unsaturated/α-hetero) is 1. The van der Waals surface area contributed by atoms with Crippen LogP contribution >= 0.6 is 0 Å². The van der Waals surface area contributed by atoms with Gasteiger partial charge in [0.15, 0.2) is 8.32 Å². The number of methoxy groups -OCH3 is 1. The standard InChI is InChI=1S/C21H32O3Si/c1-17(16-18-11-13-19(23-5)14-12-18)20(22)10-8-9-15-24-25(6,7)21(2,3)4/h11-14,17H,9,15-16H2,1-7H3/t17-/m0/s1. The molecule has 0 aliphatic rings. The van der Waals surface area contributed by atoms with Crippen LogP contribution in [-0.2, 0) is 15.6 Å². The van der Waals surface area contributed by atoms with Crippen LogP contribution in [0.3, 0.4) is 0 Å². The smallest absolute Gasteiger partial charge is 0.208 e. The van der Waals surface area contributed by atoms with Crippen molar-refractivity contribution in [3.05, 3.63) is 29.8 Å². The lowest BCUT2D eigenvalue weighted by atomic mass is 9.97. The Morgan fingerprint density at radius 3 is 2.32 bits per heavy atom. The molecule has 1 aromatic carbocycles. The van der Waals surface area contributed by atoms with Crippen LogP contribution in [0.25, 0.3) is 0 Å². The highest BCUT2D eigenvalue weighted by Gasteiger charge is 2.36. The highest BCUT2D eigenvalue weighted by Crippen LogP contribution is 2.36. The Kier molecular flexibility index (Phi) is 7.91. The first-order chi connectivity index (χ1) is 11.6. The van der Waals surface area contributed by atoms with Crippen LogP contribution in [0, 0.1) is 17.8 Å². The monoisotopic (exact) mass is 360 g/mol. The van der Waals surface area contributed by atoms with Gasteiger partial charge in [-0.2, -0.15) is 0 Å². The lowest BCUT2D eigenvalue weighted by molar-refractivity contribution is -0.116. The summed E-state index contributed by atoms with van der Waals surface area (Å²) >= 11 is 0. The number of benzene rings is 1. The van der Waals surface area contributed by atoms with Gasteiger partial charge in [-0.25, -0.2) is 0 Å². The van der Waals surface area contributed by atoms with E-state index < -0.39 is 8.32 Å². The van der Waals surface area contributed by atoms with E-state index >= 15 is 0 Å². The minimum Gasteiger partial charge on any atom is -0.497 e. The van der Waals surface area contributed by atoms with Crippen molar-refractivity contribution in [1.29, 1.82) is 0 Å². The SMILES string of the molecule is COc1ccc(C[C@H](C)C(=O)C#CCCO[Si](C)(C)C(C)(C)C)cc1. The van der Waals surface area contributed by atoms with Crippen LogP contribution in [0.1, 0.15) is 39.7 Å². The van der Waals surface area contributed by atoms with Crippen molar-refractivity contribution in [2.24, 2.45) is 5.92 Å². The Bertz CT molecular complexity index is 615. The van der Waals surface area contributed by atoms with E-state index in [-0.39, 0.29) is 16.7 Å². The first-order valence-electron chi connectivity index (χ1n) is 8.86. The number of carbonyl (C=O) groups is 1. The maximum atomic E-state index is 12.2. The molecule has 3 nitrogen and oxygen atoms in total. The zero-order valence-corrected chi connectivity index (χ0v) is 17.7. The molecule has 25 heavy (non-hydrogen) atoms. The molecule has 138 valence electrons. The molecule has 0 fully saturated rings. The van der Waals surface area contributed by atoms with Crippen LogP contribution in [0.4, 0.5) is 0 Å². The molecule has 1 atom stereocenters. The molecule has 0 bridgehead atoms. The summed E-state index contributed by atoms with van der Waals surface area (Å²) in [5.41, 5.74) is 1.12. The normalized spacial score (nSPS) is 12.9. The van der Waals surface area contributed by atoms with Crippen molar-refractivity contribution in [2.75, 3.05) is 13.7 Å². The van der Waals surface area contributed by atoms with Gasteiger partial charge in [-0.05, 0) is 48.2 Å². The van der Waals surface area contributed by atoms with Gasteiger partial charge >= 0.3 is 0 Å². The zero-order valence-electron chi connectivity index (χ0n) is 16.7. The Balaban J connectivity index is 2.44. The van der Waals surface area contributed by atoms with Crippen LogP contribution in [-0.4, -0.2) is 27.8 Å². The number of ether oxygens (including phenoxy) is 1. The second-order valence-corrected chi connectivity index (χ2v) is 12.8. The topological polar surface area (TPSA) is 35.5 Å². The highest BCUT2D eigenvalue weighted by atomic mass is 28.4. The Morgan fingerprint density at radius 2 is 1.80 bits per heavy atom. The minimum atomic E-state index is -1.73. The Labute approximate surface area is 154 Å². The second kappa shape index (κ2) is 9.21. The van der Waals surface area contributed by atoms with Crippen molar-refractivity contribution >= 4 is 14.1 Å². The summed E-state index contributed by atoms with van der Waals surface area (Å²) in [6.45, 7) is 13.6. The molecule has 0 amide bonds. The third-order valence-corrected chi connectivity index (χ3v) is 9.39. The van der Waals surface area contributed by atoms with E-state index in [4.69, 9.17) is 9.16 Å². The van der Waals surface area contributed by atoms with Gasteiger partial charge in [0, 0.05) is 18.9 Å². The van der Waals surface area contributed by atoms with Gasteiger partial charge in [0.25, 0.3) is 0 Å². The van der Waals surface area contributed by atoms with E-state index in [1.54, 1.807) is 7.11 Å². The fourth-order valence-corrected chi connectivity index (χ4v) is 3.10. The predicted molar refractivity (Wildman–Crippen MR) is 106 cm³/mol. The average molecular weight is 361 g/mol. The van der Waals surface area contributed by atoms with Crippen molar-refractivity contribution in [1.82, 2.24) is 0 Å². The molecule has 0 aromatic heterocycles. The largest absolute Gasteiger partial charge is 0.497 e. The number of rotatable bonds is 7. The fraction of sp³-hybridized carbons (Fsp3) is 0.571. The molecule has 0 aliphatic carbocycles. The van der Waals surface area contributed by atoms with Gasteiger partial charge in [0.1, 0.15) is 5.75 Å². The van der Waals surface area contributed by atoms with Gasteiger partial charge in [0.05, 0.1) is 7.11 Å². The summed E-state index contributed by atoms with van der Waals surface area (Å²) in [7, 11) is -0.0813. The molecule has 0 aliphatic heterocycles. The molecule has 0 spiro atoms. The summed E-state index contributed by atoms with van der Waals surface area (Å²) in [5, 5.41) is 0.198. The lowest BCUT2D eigenvalue weighted by Crippen LogP contribution is -2.40. The summed E-state index contributed by atoms with van der Waals surface area (Å²) in [6.07, 6.45) is 1.30. The average Bonchev–Trinajstić information content (AvgIpc) is 2.53. The van der Waals surface area contributed by atoms with Gasteiger partial charge < -0.3 is 9.16 Å². The van der Waals surface area contributed by atoms with Gasteiger partial charge in [0.2, 0.25) is 5.78 Å². The summed E-state index contributed by atoms with van der Waals surface area (Å²) in [4.78, 5) is 12.2. The van der Waals surface area contributed by atoms with Crippen LogP contribution < -0.4 is 4.74 Å². The zero-order chi connectivity index (χ0) is 19.1. The van der Waals surface area contributed by atoms with Crippen LogP contribution in [0.5, 0.6) is 5.75 Å². The number of carbonyl (C=O) groups excluding carboxylic acids is 1. The van der Waals surface area contributed by atoms with Crippen molar-refractivity contribution < 1.29 is 14.0 Å². The van der Waals surface area contributed by atoms with Crippen molar-refractivity contribution in [3.63, 3.8) is 0 Å². The summed E-state index contributed by atoms with van der Waals surface area (Å²) < 4.78 is 11.2. The quantitative estimate of drug-likeness (QED) is 0.301. The van der Waals surface area contributed by atoms with E-state index in [0.717, 1.165) is 11.3 Å². The third kappa shape index (κ3) is 7.05. The molecular formula is C21H32O3Si. The lowest BCUT2D eigenvalue weighted by Gasteiger charge is -2.35. The van der Waals surface area contributed by atoms with E-state index in [1.807, 2.05) is 31.2 Å². The molecule has 1 aromatic rings. The summed E-state index contributed by atoms with van der Waals surface area (Å²) in [6, 6.07) is 7.80. The van der Waals surface area contributed by atoms with Crippen molar-refractivity contribution in [3.8, 4) is 17.6 Å². The second-order valence-electron chi connectivity index (χ2n) is 7.98. The minimum absolute atomic E-state index is 0.0110. The van der Waals surface area contributed by atoms with Crippen LogP contribution in [0.15, 0.2) is 24.3 Å². The fourth-order valence-electron chi connectivity index (χ4n) is 2.05. The maximum absolute atomic E-state index is 12.2. The molecule has 1 rings (SSSR count). The molecule has 0 unspecified atom stereocenters. The predicted octanol–water partition coefficient (Wildman–Crippen LogP) is 4.86. The molecule has 0 N–H and O–H groups in total.